The topological polar surface area (TPSA) is 43.8 Å². The van der Waals surface area contributed by atoms with E-state index in [9.17, 15) is 23.1 Å². The third-order valence-electron chi connectivity index (χ3n) is 6.01. The number of hydrogen-bond donors (Lipinski definition) is 1. The Morgan fingerprint density at radius 2 is 1.72 bits per heavy atom. The van der Waals surface area contributed by atoms with Gasteiger partial charge in [0.15, 0.2) is 0 Å². The molecule has 0 bridgehead atoms. The fourth-order valence-corrected chi connectivity index (χ4v) is 4.80. The van der Waals surface area contributed by atoms with E-state index in [1.807, 2.05) is 34.6 Å². The van der Waals surface area contributed by atoms with Crippen LogP contribution in [0.2, 0.25) is 0 Å². The van der Waals surface area contributed by atoms with Gasteiger partial charge in [-0.15, -0.1) is 0 Å². The van der Waals surface area contributed by atoms with Crippen molar-refractivity contribution < 1.29 is 23.1 Å². The van der Waals surface area contributed by atoms with E-state index in [1.54, 1.807) is 6.07 Å². The van der Waals surface area contributed by atoms with Crippen molar-refractivity contribution in [1.29, 1.82) is 0 Å². The summed E-state index contributed by atoms with van der Waals surface area (Å²) in [4.78, 5) is 15.8. The fraction of sp³-hybridized carbons (Fsp3) is 0.682. The summed E-state index contributed by atoms with van der Waals surface area (Å²) in [5.74, 6) is 0. The molecular formula is C22H31F3N2O2. The van der Waals surface area contributed by atoms with Crippen LogP contribution in [-0.4, -0.2) is 44.7 Å². The summed E-state index contributed by atoms with van der Waals surface area (Å²) in [7, 11) is 0. The van der Waals surface area contributed by atoms with E-state index in [4.69, 9.17) is 0 Å². The molecule has 3 rings (SSSR count). The van der Waals surface area contributed by atoms with Gasteiger partial charge in [-0.1, -0.05) is 12.1 Å². The van der Waals surface area contributed by atoms with Gasteiger partial charge < -0.3 is 5.11 Å². The molecular weight excluding hydrogens is 381 g/mol. The van der Waals surface area contributed by atoms with Gasteiger partial charge in [0.1, 0.15) is 0 Å². The molecule has 0 unspecified atom stereocenters. The molecule has 4 nitrogen and oxygen atoms in total. The Hall–Kier alpha value is -1.76. The largest absolute Gasteiger partial charge is 0.465 e. The van der Waals surface area contributed by atoms with E-state index in [0.29, 0.717) is 18.2 Å². The van der Waals surface area contributed by atoms with Crippen molar-refractivity contribution in [2.45, 2.75) is 89.1 Å². The molecule has 0 saturated heterocycles. The molecule has 0 heterocycles. The standard InChI is InChI=1S/C22H31F3N2O2/c1-19(2,3)27(18(28)29)20(4,5)14-26(17-9-10-17)21(11-12-21)15-7-6-8-16(13-15)22(23,24)25/h6-8,13,17H,9-12,14H2,1-5H3,(H,28,29). The summed E-state index contributed by atoms with van der Waals surface area (Å²) < 4.78 is 39.8. The molecule has 2 aliphatic carbocycles. The molecule has 1 amide bonds. The van der Waals surface area contributed by atoms with Crippen LogP contribution in [0, 0.1) is 0 Å². The van der Waals surface area contributed by atoms with Gasteiger partial charge in [-0.2, -0.15) is 13.2 Å². The number of amides is 1. The van der Waals surface area contributed by atoms with Crippen LogP contribution in [0.5, 0.6) is 0 Å². The van der Waals surface area contributed by atoms with E-state index in [1.165, 1.54) is 17.0 Å². The molecule has 0 atom stereocenters. The SMILES string of the molecule is CC(C)(C)N(C(=O)O)C(C)(C)CN(C1CC1)C1(c2cccc(C(F)(F)F)c2)CC1. The Labute approximate surface area is 170 Å². The molecule has 2 fully saturated rings. The van der Waals surface area contributed by atoms with Crippen molar-refractivity contribution in [3.05, 3.63) is 35.4 Å². The lowest BCUT2D eigenvalue weighted by Crippen LogP contribution is -2.62. The summed E-state index contributed by atoms with van der Waals surface area (Å²) in [5.41, 5.74) is -1.64. The number of carbonyl (C=O) groups is 1. The highest BCUT2D eigenvalue weighted by molar-refractivity contribution is 5.67. The highest BCUT2D eigenvalue weighted by Crippen LogP contribution is 2.55. The van der Waals surface area contributed by atoms with Crippen molar-refractivity contribution in [3.8, 4) is 0 Å². The van der Waals surface area contributed by atoms with Crippen LogP contribution >= 0.6 is 0 Å². The second-order valence-electron chi connectivity index (χ2n) is 10.1. The number of halogens is 3. The van der Waals surface area contributed by atoms with Gasteiger partial charge in [0.25, 0.3) is 0 Å². The molecule has 29 heavy (non-hydrogen) atoms. The minimum atomic E-state index is -4.37. The van der Waals surface area contributed by atoms with Gasteiger partial charge in [0, 0.05) is 23.7 Å². The number of benzene rings is 1. The smallest absolute Gasteiger partial charge is 0.416 e. The first kappa shape index (κ1) is 21.9. The molecule has 2 aliphatic rings. The number of carboxylic acid groups (broad SMARTS) is 1. The molecule has 7 heteroatoms. The maximum Gasteiger partial charge on any atom is 0.416 e. The summed E-state index contributed by atoms with van der Waals surface area (Å²) in [6.07, 6.45) is -1.77. The Morgan fingerprint density at radius 3 is 2.14 bits per heavy atom. The third kappa shape index (κ3) is 4.39. The predicted molar refractivity (Wildman–Crippen MR) is 106 cm³/mol. The van der Waals surface area contributed by atoms with Gasteiger partial charge in [-0.25, -0.2) is 4.79 Å². The van der Waals surface area contributed by atoms with E-state index >= 15 is 0 Å². The van der Waals surface area contributed by atoms with E-state index in [2.05, 4.69) is 4.90 Å². The summed E-state index contributed by atoms with van der Waals surface area (Å²) in [6.45, 7) is 9.89. The zero-order chi connectivity index (χ0) is 21.8. The van der Waals surface area contributed by atoms with Gasteiger partial charge >= 0.3 is 12.3 Å². The number of rotatable bonds is 6. The Bertz CT molecular complexity index is 775. The molecule has 0 aromatic heterocycles. The molecule has 1 aromatic rings. The summed E-state index contributed by atoms with van der Waals surface area (Å²) >= 11 is 0. The lowest BCUT2D eigenvalue weighted by molar-refractivity contribution is -0.137. The van der Waals surface area contributed by atoms with Gasteiger partial charge in [0.05, 0.1) is 11.1 Å². The minimum Gasteiger partial charge on any atom is -0.465 e. The quantitative estimate of drug-likeness (QED) is 0.650. The fourth-order valence-electron chi connectivity index (χ4n) is 4.80. The zero-order valence-corrected chi connectivity index (χ0v) is 17.8. The van der Waals surface area contributed by atoms with E-state index < -0.39 is 34.4 Å². The highest BCUT2D eigenvalue weighted by atomic mass is 19.4. The second-order valence-corrected chi connectivity index (χ2v) is 10.1. The van der Waals surface area contributed by atoms with Crippen molar-refractivity contribution in [3.63, 3.8) is 0 Å². The molecule has 0 spiro atoms. The van der Waals surface area contributed by atoms with Gasteiger partial charge in [0.2, 0.25) is 0 Å². The normalized spacial score (nSPS) is 19.3. The molecule has 162 valence electrons. The Balaban J connectivity index is 1.94. The van der Waals surface area contributed by atoms with Crippen LogP contribution in [0.4, 0.5) is 18.0 Å². The average molecular weight is 412 g/mol. The summed E-state index contributed by atoms with van der Waals surface area (Å²) in [5, 5.41) is 9.86. The number of hydrogen-bond acceptors (Lipinski definition) is 2. The van der Waals surface area contributed by atoms with Crippen LogP contribution in [0.1, 0.15) is 71.4 Å². The molecule has 0 aliphatic heterocycles. The first-order chi connectivity index (χ1) is 13.2. The average Bonchev–Trinajstić information content (AvgIpc) is 3.43. The number of nitrogens with zero attached hydrogens (tertiary/aromatic N) is 2. The molecule has 1 aromatic carbocycles. The highest BCUT2D eigenvalue weighted by Gasteiger charge is 2.56. The van der Waals surface area contributed by atoms with Crippen molar-refractivity contribution in [2.75, 3.05) is 6.54 Å². The predicted octanol–water partition coefficient (Wildman–Crippen LogP) is 5.72. The van der Waals surface area contributed by atoms with Gasteiger partial charge in [-0.3, -0.25) is 9.80 Å². The summed E-state index contributed by atoms with van der Waals surface area (Å²) in [6, 6.07) is 5.93. The van der Waals surface area contributed by atoms with Crippen LogP contribution in [0.3, 0.4) is 0 Å². The van der Waals surface area contributed by atoms with Crippen molar-refractivity contribution in [2.24, 2.45) is 0 Å². The Kier molecular flexibility index (Phi) is 5.22. The van der Waals surface area contributed by atoms with E-state index in [0.717, 1.165) is 31.7 Å². The van der Waals surface area contributed by atoms with Crippen LogP contribution in [-0.2, 0) is 11.7 Å². The Morgan fingerprint density at radius 1 is 1.14 bits per heavy atom. The maximum atomic E-state index is 13.3. The molecule has 1 N–H and O–H groups in total. The monoisotopic (exact) mass is 412 g/mol. The first-order valence-corrected chi connectivity index (χ1v) is 10.2. The minimum absolute atomic E-state index is 0.293. The molecule has 0 radical (unpaired) electrons. The van der Waals surface area contributed by atoms with Gasteiger partial charge in [-0.05, 0) is 78.0 Å². The first-order valence-electron chi connectivity index (χ1n) is 10.2. The zero-order valence-electron chi connectivity index (χ0n) is 17.8. The molecule has 2 saturated carbocycles. The van der Waals surface area contributed by atoms with Crippen LogP contribution < -0.4 is 0 Å². The number of alkyl halides is 3. The van der Waals surface area contributed by atoms with Crippen LogP contribution in [0.15, 0.2) is 24.3 Å². The second kappa shape index (κ2) is 6.89. The lowest BCUT2D eigenvalue weighted by Gasteiger charge is -2.48. The van der Waals surface area contributed by atoms with Crippen molar-refractivity contribution >= 4 is 6.09 Å². The van der Waals surface area contributed by atoms with Crippen LogP contribution in [0.25, 0.3) is 0 Å². The van der Waals surface area contributed by atoms with Crippen molar-refractivity contribution in [1.82, 2.24) is 9.80 Å². The maximum absolute atomic E-state index is 13.3. The third-order valence-corrected chi connectivity index (χ3v) is 6.01. The lowest BCUT2D eigenvalue weighted by atomic mass is 9.92. The van der Waals surface area contributed by atoms with E-state index in [-0.39, 0.29) is 0 Å².